The van der Waals surface area contributed by atoms with Crippen LogP contribution in [0.5, 0.6) is 5.75 Å². The number of aryl methyl sites for hydroxylation is 1. The molecular formula is C12H11IN2O3. The first-order valence-corrected chi connectivity index (χ1v) is 6.33. The third-order valence-corrected chi connectivity index (χ3v) is 3.23. The topological polar surface area (TPSA) is 75.4 Å². The van der Waals surface area contributed by atoms with Gasteiger partial charge in [0.2, 0.25) is 0 Å². The molecule has 0 aliphatic carbocycles. The molecule has 0 aliphatic heterocycles. The molecule has 1 heterocycles. The van der Waals surface area contributed by atoms with Crippen LogP contribution in [0.25, 0.3) is 0 Å². The van der Waals surface area contributed by atoms with Crippen LogP contribution in [0, 0.1) is 10.5 Å². The molecule has 0 atom stereocenters. The van der Waals surface area contributed by atoms with Gasteiger partial charge in [0.15, 0.2) is 0 Å². The number of aromatic hydroxyl groups is 1. The number of hydrogen-bond acceptors (Lipinski definition) is 4. The molecule has 5 nitrogen and oxygen atoms in total. The van der Waals surface area contributed by atoms with Crippen molar-refractivity contribution in [3.63, 3.8) is 0 Å². The molecule has 1 aromatic carbocycles. The molecule has 94 valence electrons. The molecule has 0 fully saturated rings. The van der Waals surface area contributed by atoms with Gasteiger partial charge in [-0.2, -0.15) is 0 Å². The van der Waals surface area contributed by atoms with Gasteiger partial charge >= 0.3 is 0 Å². The van der Waals surface area contributed by atoms with E-state index in [-0.39, 0.29) is 11.7 Å². The van der Waals surface area contributed by atoms with Crippen LogP contribution in [0.3, 0.4) is 0 Å². The van der Waals surface area contributed by atoms with Gasteiger partial charge in [0, 0.05) is 11.6 Å². The summed E-state index contributed by atoms with van der Waals surface area (Å²) in [6, 6.07) is 6.53. The average molecular weight is 358 g/mol. The van der Waals surface area contributed by atoms with Crippen LogP contribution in [-0.2, 0) is 6.54 Å². The van der Waals surface area contributed by atoms with Gasteiger partial charge in [-0.3, -0.25) is 4.79 Å². The Balaban J connectivity index is 2.01. The standard InChI is InChI=1S/C12H11IN2O3/c1-7-4-9(15-18-7)6-14-12(17)8-2-3-10(13)11(16)5-8/h2-5,16H,6H2,1H3,(H,14,17). The normalized spacial score (nSPS) is 10.3. The van der Waals surface area contributed by atoms with Gasteiger partial charge in [0.05, 0.1) is 10.1 Å². The second-order valence-electron chi connectivity index (χ2n) is 3.78. The van der Waals surface area contributed by atoms with Crippen LogP contribution < -0.4 is 5.32 Å². The minimum atomic E-state index is -0.262. The highest BCUT2D eigenvalue weighted by Crippen LogP contribution is 2.20. The highest BCUT2D eigenvalue weighted by atomic mass is 127. The van der Waals surface area contributed by atoms with E-state index in [0.717, 1.165) is 0 Å². The van der Waals surface area contributed by atoms with Gasteiger partial charge in [-0.05, 0) is 47.7 Å². The van der Waals surface area contributed by atoms with Gasteiger partial charge in [-0.15, -0.1) is 0 Å². The van der Waals surface area contributed by atoms with Crippen molar-refractivity contribution in [1.29, 1.82) is 0 Å². The zero-order valence-electron chi connectivity index (χ0n) is 9.61. The fraction of sp³-hybridized carbons (Fsp3) is 0.167. The Morgan fingerprint density at radius 2 is 2.28 bits per heavy atom. The lowest BCUT2D eigenvalue weighted by Crippen LogP contribution is -2.22. The lowest BCUT2D eigenvalue weighted by Gasteiger charge is -2.04. The highest BCUT2D eigenvalue weighted by molar-refractivity contribution is 14.1. The molecule has 0 saturated carbocycles. The Morgan fingerprint density at radius 1 is 1.50 bits per heavy atom. The number of hydrogen-bond donors (Lipinski definition) is 2. The maximum absolute atomic E-state index is 11.8. The third kappa shape index (κ3) is 3.00. The first-order chi connectivity index (χ1) is 8.56. The maximum atomic E-state index is 11.8. The van der Waals surface area contributed by atoms with E-state index >= 15 is 0 Å². The predicted molar refractivity (Wildman–Crippen MR) is 73.2 cm³/mol. The second-order valence-corrected chi connectivity index (χ2v) is 4.94. The van der Waals surface area contributed by atoms with Crippen molar-refractivity contribution in [1.82, 2.24) is 10.5 Å². The van der Waals surface area contributed by atoms with E-state index in [1.165, 1.54) is 6.07 Å². The second kappa shape index (κ2) is 5.38. The van der Waals surface area contributed by atoms with Crippen molar-refractivity contribution in [3.8, 4) is 5.75 Å². The lowest BCUT2D eigenvalue weighted by molar-refractivity contribution is 0.0949. The quantitative estimate of drug-likeness (QED) is 0.826. The highest BCUT2D eigenvalue weighted by Gasteiger charge is 2.09. The molecule has 6 heteroatoms. The third-order valence-electron chi connectivity index (χ3n) is 2.32. The van der Waals surface area contributed by atoms with E-state index in [4.69, 9.17) is 4.52 Å². The molecule has 0 spiro atoms. The van der Waals surface area contributed by atoms with Crippen LogP contribution in [-0.4, -0.2) is 16.2 Å². The molecule has 2 aromatic rings. The van der Waals surface area contributed by atoms with E-state index in [1.807, 2.05) is 22.6 Å². The SMILES string of the molecule is Cc1cc(CNC(=O)c2ccc(I)c(O)c2)no1. The fourth-order valence-electron chi connectivity index (χ4n) is 1.43. The smallest absolute Gasteiger partial charge is 0.251 e. The molecule has 1 amide bonds. The minimum Gasteiger partial charge on any atom is -0.507 e. The van der Waals surface area contributed by atoms with Crippen molar-refractivity contribution in [2.75, 3.05) is 0 Å². The summed E-state index contributed by atoms with van der Waals surface area (Å²) in [5.74, 6) is 0.536. The summed E-state index contributed by atoms with van der Waals surface area (Å²) >= 11 is 1.99. The van der Waals surface area contributed by atoms with E-state index in [9.17, 15) is 9.90 Å². The van der Waals surface area contributed by atoms with Crippen molar-refractivity contribution in [2.45, 2.75) is 13.5 Å². The lowest BCUT2D eigenvalue weighted by atomic mass is 10.2. The van der Waals surface area contributed by atoms with Crippen LogP contribution in [0.1, 0.15) is 21.8 Å². The van der Waals surface area contributed by atoms with E-state index in [0.29, 0.717) is 27.1 Å². The first-order valence-electron chi connectivity index (χ1n) is 5.25. The van der Waals surface area contributed by atoms with Gasteiger partial charge < -0.3 is 14.9 Å². The molecule has 0 unspecified atom stereocenters. The van der Waals surface area contributed by atoms with Crippen LogP contribution in [0.4, 0.5) is 0 Å². The number of benzene rings is 1. The Hall–Kier alpha value is -1.57. The van der Waals surface area contributed by atoms with Gasteiger partial charge in [-0.1, -0.05) is 5.16 Å². The molecule has 0 radical (unpaired) electrons. The number of carbonyl (C=O) groups is 1. The molecular weight excluding hydrogens is 347 g/mol. The van der Waals surface area contributed by atoms with Crippen molar-refractivity contribution in [3.05, 3.63) is 44.9 Å². The molecule has 0 aliphatic rings. The number of nitrogens with one attached hydrogen (secondary N) is 1. The first kappa shape index (κ1) is 12.9. The number of rotatable bonds is 3. The van der Waals surface area contributed by atoms with Crippen molar-refractivity contribution < 1.29 is 14.4 Å². The summed E-state index contributed by atoms with van der Waals surface area (Å²) in [7, 11) is 0. The predicted octanol–water partition coefficient (Wildman–Crippen LogP) is 2.22. The molecule has 2 rings (SSSR count). The fourth-order valence-corrected chi connectivity index (χ4v) is 1.76. The zero-order valence-corrected chi connectivity index (χ0v) is 11.8. The number of aromatic nitrogens is 1. The van der Waals surface area contributed by atoms with Crippen molar-refractivity contribution >= 4 is 28.5 Å². The van der Waals surface area contributed by atoms with Gasteiger partial charge in [-0.25, -0.2) is 0 Å². The number of carbonyl (C=O) groups excluding carboxylic acids is 1. The maximum Gasteiger partial charge on any atom is 0.251 e. The number of amides is 1. The Kier molecular flexibility index (Phi) is 3.85. The number of phenolic OH excluding ortho intramolecular Hbond substituents is 1. The van der Waals surface area contributed by atoms with Crippen LogP contribution in [0.2, 0.25) is 0 Å². The van der Waals surface area contributed by atoms with Crippen LogP contribution >= 0.6 is 22.6 Å². The summed E-state index contributed by atoms with van der Waals surface area (Å²) in [6.45, 7) is 2.08. The molecule has 1 aromatic heterocycles. The van der Waals surface area contributed by atoms with E-state index in [2.05, 4.69) is 10.5 Å². The molecule has 0 saturated heterocycles. The van der Waals surface area contributed by atoms with Crippen molar-refractivity contribution in [2.24, 2.45) is 0 Å². The summed E-state index contributed by atoms with van der Waals surface area (Å²) in [5.41, 5.74) is 1.07. The summed E-state index contributed by atoms with van der Waals surface area (Å²) in [6.07, 6.45) is 0. The zero-order chi connectivity index (χ0) is 13.1. The van der Waals surface area contributed by atoms with Crippen LogP contribution in [0.15, 0.2) is 28.8 Å². The summed E-state index contributed by atoms with van der Waals surface area (Å²) < 4.78 is 5.60. The monoisotopic (exact) mass is 358 g/mol. The molecule has 0 bridgehead atoms. The van der Waals surface area contributed by atoms with Gasteiger partial charge in [0.25, 0.3) is 5.91 Å². The Morgan fingerprint density at radius 3 is 2.89 bits per heavy atom. The largest absolute Gasteiger partial charge is 0.507 e. The molecule has 2 N–H and O–H groups in total. The minimum absolute atomic E-state index is 0.0977. The number of halogens is 1. The molecule has 18 heavy (non-hydrogen) atoms. The number of phenols is 1. The Labute approximate surface area is 117 Å². The summed E-state index contributed by atoms with van der Waals surface area (Å²) in [4.78, 5) is 11.8. The number of nitrogens with zero attached hydrogens (tertiary/aromatic N) is 1. The van der Waals surface area contributed by atoms with Gasteiger partial charge in [0.1, 0.15) is 17.2 Å². The Bertz CT molecular complexity index is 580. The van der Waals surface area contributed by atoms with E-state index < -0.39 is 0 Å². The average Bonchev–Trinajstić information content (AvgIpc) is 2.75. The van der Waals surface area contributed by atoms with E-state index in [1.54, 1.807) is 25.1 Å². The summed E-state index contributed by atoms with van der Waals surface area (Å²) in [5, 5.41) is 16.0.